The van der Waals surface area contributed by atoms with Gasteiger partial charge in [0.05, 0.1) is 4.92 Å². The van der Waals surface area contributed by atoms with E-state index in [1.54, 1.807) is 19.1 Å². The van der Waals surface area contributed by atoms with Gasteiger partial charge in [0.1, 0.15) is 0 Å². The van der Waals surface area contributed by atoms with E-state index in [1.165, 1.54) is 6.07 Å². The number of nitro benzene ring substituents is 1. The van der Waals surface area contributed by atoms with Crippen molar-refractivity contribution in [2.45, 2.75) is 6.92 Å². The monoisotopic (exact) mass is 275 g/mol. The summed E-state index contributed by atoms with van der Waals surface area (Å²) in [6, 6.07) is 4.59. The van der Waals surface area contributed by atoms with Crippen molar-refractivity contribution < 1.29 is 9.72 Å². The third-order valence-corrected chi connectivity index (χ3v) is 4.32. The molecule has 1 aromatic rings. The minimum absolute atomic E-state index is 0.0163. The molecule has 2 heterocycles. The molecule has 0 saturated carbocycles. The Bertz CT molecular complexity index is 561. The van der Waals surface area contributed by atoms with Crippen molar-refractivity contribution >= 4 is 11.6 Å². The van der Waals surface area contributed by atoms with Crippen LogP contribution in [0.25, 0.3) is 0 Å². The van der Waals surface area contributed by atoms with E-state index < -0.39 is 4.92 Å². The molecule has 0 spiro atoms. The molecule has 1 amide bonds. The lowest BCUT2D eigenvalue weighted by atomic mass is 10.0. The highest BCUT2D eigenvalue weighted by atomic mass is 16.6. The number of benzene rings is 1. The number of carbonyl (C=O) groups excluding carboxylic acids is 1. The third kappa shape index (κ3) is 2.16. The molecule has 1 N–H and O–H groups in total. The maximum atomic E-state index is 12.4. The van der Waals surface area contributed by atoms with E-state index in [0.29, 0.717) is 23.0 Å². The van der Waals surface area contributed by atoms with Gasteiger partial charge in [0.25, 0.3) is 11.6 Å². The third-order valence-electron chi connectivity index (χ3n) is 4.32. The van der Waals surface area contributed by atoms with Gasteiger partial charge in [-0.25, -0.2) is 0 Å². The number of fused-ring (bicyclic) bond motifs is 1. The smallest absolute Gasteiger partial charge is 0.272 e. The maximum Gasteiger partial charge on any atom is 0.272 e. The highest BCUT2D eigenvalue weighted by Gasteiger charge is 2.38. The van der Waals surface area contributed by atoms with Gasteiger partial charge in [-0.05, 0) is 30.9 Å². The van der Waals surface area contributed by atoms with Crippen LogP contribution in [-0.4, -0.2) is 41.9 Å². The Morgan fingerprint density at radius 3 is 2.55 bits per heavy atom. The molecule has 106 valence electrons. The Morgan fingerprint density at radius 1 is 1.35 bits per heavy atom. The van der Waals surface area contributed by atoms with Gasteiger partial charge < -0.3 is 10.2 Å². The van der Waals surface area contributed by atoms with Crippen molar-refractivity contribution in [2.75, 3.05) is 26.2 Å². The molecule has 3 rings (SSSR count). The number of carbonyl (C=O) groups is 1. The van der Waals surface area contributed by atoms with Gasteiger partial charge in [-0.15, -0.1) is 0 Å². The summed E-state index contributed by atoms with van der Waals surface area (Å²) in [5.74, 6) is 1.09. The highest BCUT2D eigenvalue weighted by Crippen LogP contribution is 2.28. The van der Waals surface area contributed by atoms with Crippen molar-refractivity contribution in [1.82, 2.24) is 10.2 Å². The number of nitrogens with one attached hydrogen (secondary N) is 1. The number of rotatable bonds is 2. The summed E-state index contributed by atoms with van der Waals surface area (Å²) < 4.78 is 0. The van der Waals surface area contributed by atoms with E-state index in [4.69, 9.17) is 0 Å². The molecule has 2 atom stereocenters. The first-order valence-electron chi connectivity index (χ1n) is 6.81. The zero-order valence-electron chi connectivity index (χ0n) is 11.3. The second-order valence-electron chi connectivity index (χ2n) is 5.65. The van der Waals surface area contributed by atoms with Gasteiger partial charge in [0.2, 0.25) is 0 Å². The molecular weight excluding hydrogens is 258 g/mol. The normalized spacial score (nSPS) is 24.8. The number of hydrogen-bond donors (Lipinski definition) is 1. The SMILES string of the molecule is Cc1cc(C(=O)N2CC3CNCC3C2)ccc1[N+](=O)[O-]. The number of amides is 1. The first-order chi connectivity index (χ1) is 9.56. The van der Waals surface area contributed by atoms with E-state index in [0.717, 1.165) is 26.2 Å². The molecule has 0 radical (unpaired) electrons. The van der Waals surface area contributed by atoms with Crippen LogP contribution in [0, 0.1) is 28.9 Å². The average molecular weight is 275 g/mol. The molecule has 6 nitrogen and oxygen atoms in total. The largest absolute Gasteiger partial charge is 0.338 e. The second kappa shape index (κ2) is 4.86. The first-order valence-corrected chi connectivity index (χ1v) is 6.81. The summed E-state index contributed by atoms with van der Waals surface area (Å²) in [5.41, 5.74) is 1.13. The van der Waals surface area contributed by atoms with Crippen molar-refractivity contribution in [1.29, 1.82) is 0 Å². The van der Waals surface area contributed by atoms with Gasteiger partial charge in [0.15, 0.2) is 0 Å². The summed E-state index contributed by atoms with van der Waals surface area (Å²) in [5, 5.41) is 14.1. The van der Waals surface area contributed by atoms with Gasteiger partial charge in [0, 0.05) is 43.4 Å². The number of hydrogen-bond acceptors (Lipinski definition) is 4. The highest BCUT2D eigenvalue weighted by molar-refractivity contribution is 5.95. The lowest BCUT2D eigenvalue weighted by Crippen LogP contribution is -2.31. The molecule has 20 heavy (non-hydrogen) atoms. The fraction of sp³-hybridized carbons (Fsp3) is 0.500. The molecule has 2 aliphatic heterocycles. The van der Waals surface area contributed by atoms with E-state index in [9.17, 15) is 14.9 Å². The van der Waals surface area contributed by atoms with Gasteiger partial charge in [-0.1, -0.05) is 0 Å². The predicted molar refractivity (Wildman–Crippen MR) is 73.6 cm³/mol. The minimum atomic E-state index is -0.421. The lowest BCUT2D eigenvalue weighted by molar-refractivity contribution is -0.385. The standard InChI is InChI=1S/C14H17N3O3/c1-9-4-10(2-3-13(9)17(19)20)14(18)16-7-11-5-15-6-12(11)8-16/h2-4,11-12,15H,5-8H2,1H3. The molecule has 6 heteroatoms. The number of aryl methyl sites for hydroxylation is 1. The van der Waals surface area contributed by atoms with Crippen LogP contribution in [0.3, 0.4) is 0 Å². The zero-order chi connectivity index (χ0) is 14.3. The van der Waals surface area contributed by atoms with Crippen molar-refractivity contribution in [3.63, 3.8) is 0 Å². The first kappa shape index (κ1) is 13.1. The molecule has 2 aliphatic rings. The molecule has 0 aliphatic carbocycles. The Morgan fingerprint density at radius 2 is 2.00 bits per heavy atom. The topological polar surface area (TPSA) is 75.5 Å². The van der Waals surface area contributed by atoms with E-state index in [-0.39, 0.29) is 11.6 Å². The van der Waals surface area contributed by atoms with E-state index in [2.05, 4.69) is 5.32 Å². The van der Waals surface area contributed by atoms with Crippen molar-refractivity contribution in [2.24, 2.45) is 11.8 Å². The number of nitro groups is 1. The van der Waals surface area contributed by atoms with Crippen molar-refractivity contribution in [3.05, 3.63) is 39.4 Å². The van der Waals surface area contributed by atoms with Crippen LogP contribution in [0.1, 0.15) is 15.9 Å². The van der Waals surface area contributed by atoms with Crippen LogP contribution in [-0.2, 0) is 0 Å². The van der Waals surface area contributed by atoms with Gasteiger partial charge in [-0.3, -0.25) is 14.9 Å². The Kier molecular flexibility index (Phi) is 3.17. The van der Waals surface area contributed by atoms with Crippen LogP contribution in [0.2, 0.25) is 0 Å². The van der Waals surface area contributed by atoms with E-state index in [1.807, 2.05) is 4.90 Å². The fourth-order valence-corrected chi connectivity index (χ4v) is 3.20. The molecule has 2 unspecified atom stereocenters. The summed E-state index contributed by atoms with van der Waals surface area (Å²) >= 11 is 0. The zero-order valence-corrected chi connectivity index (χ0v) is 11.3. The Hall–Kier alpha value is -1.95. The van der Waals surface area contributed by atoms with Crippen molar-refractivity contribution in [3.8, 4) is 0 Å². The van der Waals surface area contributed by atoms with Gasteiger partial charge >= 0.3 is 0 Å². The molecule has 1 aromatic carbocycles. The summed E-state index contributed by atoms with van der Waals surface area (Å²) in [6.07, 6.45) is 0. The molecule has 0 aromatic heterocycles. The van der Waals surface area contributed by atoms with Crippen LogP contribution >= 0.6 is 0 Å². The maximum absolute atomic E-state index is 12.4. The minimum Gasteiger partial charge on any atom is -0.338 e. The van der Waals surface area contributed by atoms with Crippen LogP contribution < -0.4 is 5.32 Å². The van der Waals surface area contributed by atoms with Gasteiger partial charge in [-0.2, -0.15) is 0 Å². The number of nitrogens with zero attached hydrogens (tertiary/aromatic N) is 2. The lowest BCUT2D eigenvalue weighted by Gasteiger charge is -2.17. The fourth-order valence-electron chi connectivity index (χ4n) is 3.20. The molecular formula is C14H17N3O3. The predicted octanol–water partition coefficient (Wildman–Crippen LogP) is 1.19. The molecule has 0 bridgehead atoms. The van der Waals surface area contributed by atoms with Crippen LogP contribution in [0.4, 0.5) is 5.69 Å². The molecule has 2 saturated heterocycles. The summed E-state index contributed by atoms with van der Waals surface area (Å²) in [7, 11) is 0. The summed E-state index contributed by atoms with van der Waals surface area (Å²) in [4.78, 5) is 24.7. The Balaban J connectivity index is 1.78. The van der Waals surface area contributed by atoms with Crippen LogP contribution in [0.5, 0.6) is 0 Å². The summed E-state index contributed by atoms with van der Waals surface area (Å²) in [6.45, 7) is 5.19. The average Bonchev–Trinajstić information content (AvgIpc) is 2.97. The van der Waals surface area contributed by atoms with E-state index >= 15 is 0 Å². The second-order valence-corrected chi connectivity index (χ2v) is 5.65. The number of likely N-dealkylation sites (tertiary alicyclic amines) is 1. The quantitative estimate of drug-likeness (QED) is 0.650. The van der Waals surface area contributed by atoms with Crippen LogP contribution in [0.15, 0.2) is 18.2 Å². The Labute approximate surface area is 116 Å². The molecule has 2 fully saturated rings.